The highest BCUT2D eigenvalue weighted by Gasteiger charge is 2.28. The number of aliphatic imine (C=N–C) groups is 1. The number of aromatic nitrogens is 2. The normalized spacial score (nSPS) is 15.5. The lowest BCUT2D eigenvalue weighted by Gasteiger charge is -2.41. The second-order valence-corrected chi connectivity index (χ2v) is 7.92. The zero-order chi connectivity index (χ0) is 20.7. The van der Waals surface area contributed by atoms with E-state index in [1.54, 1.807) is 12.1 Å². The number of ether oxygens (including phenoxy) is 1. The van der Waals surface area contributed by atoms with Gasteiger partial charge in [0.15, 0.2) is 5.96 Å². The fraction of sp³-hybridized carbons (Fsp3) is 0.550. The number of rotatable bonds is 7. The second kappa shape index (κ2) is 11.8. The van der Waals surface area contributed by atoms with E-state index in [1.165, 1.54) is 0 Å². The molecule has 1 fully saturated rings. The molecule has 0 amide bonds. The van der Waals surface area contributed by atoms with Crippen LogP contribution in [-0.4, -0.2) is 65.9 Å². The first-order valence-electron chi connectivity index (χ1n) is 9.91. The maximum absolute atomic E-state index is 5.92. The molecule has 0 saturated carbocycles. The van der Waals surface area contributed by atoms with E-state index in [4.69, 9.17) is 20.9 Å². The molecule has 8 nitrogen and oxygen atoms in total. The van der Waals surface area contributed by atoms with Gasteiger partial charge in [0.05, 0.1) is 13.2 Å². The molecule has 2 heterocycles. The number of nitrogens with zero attached hydrogens (tertiary/aromatic N) is 4. The van der Waals surface area contributed by atoms with Gasteiger partial charge in [-0.05, 0) is 45.0 Å². The van der Waals surface area contributed by atoms with E-state index >= 15 is 0 Å². The predicted molar refractivity (Wildman–Crippen MR) is 129 cm³/mol. The maximum atomic E-state index is 5.92. The van der Waals surface area contributed by atoms with Crippen LogP contribution >= 0.6 is 35.6 Å². The van der Waals surface area contributed by atoms with Crippen molar-refractivity contribution in [1.29, 1.82) is 0 Å². The molecule has 0 unspecified atom stereocenters. The summed E-state index contributed by atoms with van der Waals surface area (Å²) in [7, 11) is 0. The van der Waals surface area contributed by atoms with E-state index < -0.39 is 0 Å². The highest BCUT2D eigenvalue weighted by molar-refractivity contribution is 14.0. The minimum atomic E-state index is -0.00773. The summed E-state index contributed by atoms with van der Waals surface area (Å²) < 4.78 is 10.8. The number of nitrogens with one attached hydrogen (secondary N) is 2. The van der Waals surface area contributed by atoms with E-state index in [9.17, 15) is 0 Å². The average molecular weight is 549 g/mol. The van der Waals surface area contributed by atoms with Gasteiger partial charge in [-0.3, -0.25) is 4.90 Å². The van der Waals surface area contributed by atoms with Crippen molar-refractivity contribution < 1.29 is 9.26 Å². The van der Waals surface area contributed by atoms with E-state index in [-0.39, 0.29) is 29.5 Å². The van der Waals surface area contributed by atoms with Crippen LogP contribution in [0.5, 0.6) is 0 Å². The molecule has 3 rings (SSSR count). The zero-order valence-electron chi connectivity index (χ0n) is 17.7. The molecule has 10 heteroatoms. The summed E-state index contributed by atoms with van der Waals surface area (Å²) in [5.41, 5.74) is 0.845. The minimum absolute atomic E-state index is 0. The summed E-state index contributed by atoms with van der Waals surface area (Å²) in [6.07, 6.45) is 0. The molecule has 0 aliphatic carbocycles. The number of halogens is 2. The second-order valence-electron chi connectivity index (χ2n) is 7.48. The maximum Gasteiger partial charge on any atom is 0.248 e. The lowest BCUT2D eigenvalue weighted by atomic mass is 10.0. The molecule has 2 N–H and O–H groups in total. The van der Waals surface area contributed by atoms with E-state index in [0.717, 1.165) is 50.9 Å². The van der Waals surface area contributed by atoms with Gasteiger partial charge in [-0.1, -0.05) is 16.8 Å². The van der Waals surface area contributed by atoms with E-state index in [1.807, 2.05) is 19.1 Å². The van der Waals surface area contributed by atoms with Crippen LogP contribution in [0, 0.1) is 0 Å². The van der Waals surface area contributed by atoms with Gasteiger partial charge in [-0.25, -0.2) is 4.99 Å². The van der Waals surface area contributed by atoms with Crippen molar-refractivity contribution >= 4 is 41.5 Å². The van der Waals surface area contributed by atoms with Gasteiger partial charge in [0.2, 0.25) is 11.7 Å². The standard InChI is InChI=1S/C20H29ClN6O2.HI/c1-4-22-19(24-14-20(2,3)27-9-11-28-12-10-27)23-13-17-25-18(26-29-17)15-5-7-16(21)8-6-15;/h5-8H,4,9-14H2,1-3H3,(H2,22,23,24);1H. The Balaban J connectivity index is 0.00000320. The summed E-state index contributed by atoms with van der Waals surface area (Å²) in [5, 5.41) is 11.4. The monoisotopic (exact) mass is 548 g/mol. The molecular weight excluding hydrogens is 519 g/mol. The Morgan fingerprint density at radius 3 is 2.57 bits per heavy atom. The fourth-order valence-electron chi connectivity index (χ4n) is 3.10. The van der Waals surface area contributed by atoms with Gasteiger partial charge in [0.1, 0.15) is 6.54 Å². The SMILES string of the molecule is CCNC(=NCc1nc(-c2ccc(Cl)cc2)no1)NCC(C)(C)N1CCOCC1.I. The van der Waals surface area contributed by atoms with Crippen molar-refractivity contribution in [2.45, 2.75) is 32.9 Å². The third kappa shape index (κ3) is 7.07. The van der Waals surface area contributed by atoms with Crippen molar-refractivity contribution in [3.63, 3.8) is 0 Å². The van der Waals surface area contributed by atoms with Crippen LogP contribution in [0.2, 0.25) is 5.02 Å². The lowest BCUT2D eigenvalue weighted by molar-refractivity contribution is -0.00834. The third-order valence-electron chi connectivity index (χ3n) is 4.84. The molecule has 1 aromatic heterocycles. The number of hydrogen-bond acceptors (Lipinski definition) is 6. The Bertz CT molecular complexity index is 806. The molecule has 0 radical (unpaired) electrons. The van der Waals surface area contributed by atoms with Gasteiger partial charge in [0, 0.05) is 42.3 Å². The van der Waals surface area contributed by atoms with Crippen molar-refractivity contribution in [3.05, 3.63) is 35.2 Å². The molecule has 1 aliphatic rings. The molecule has 0 spiro atoms. The highest BCUT2D eigenvalue weighted by Crippen LogP contribution is 2.19. The van der Waals surface area contributed by atoms with Crippen LogP contribution in [0.25, 0.3) is 11.4 Å². The minimum Gasteiger partial charge on any atom is -0.379 e. The first kappa shape index (κ1) is 24.8. The molecule has 30 heavy (non-hydrogen) atoms. The Kier molecular flexibility index (Phi) is 9.79. The van der Waals surface area contributed by atoms with Crippen LogP contribution in [0.15, 0.2) is 33.8 Å². The smallest absolute Gasteiger partial charge is 0.248 e. The molecule has 1 aromatic carbocycles. The third-order valence-corrected chi connectivity index (χ3v) is 5.09. The quantitative estimate of drug-likeness (QED) is 0.312. The molecular formula is C20H30ClIN6O2. The van der Waals surface area contributed by atoms with Crippen LogP contribution in [0.3, 0.4) is 0 Å². The first-order valence-corrected chi connectivity index (χ1v) is 10.3. The number of benzene rings is 1. The van der Waals surface area contributed by atoms with Crippen LogP contribution in [0.4, 0.5) is 0 Å². The molecule has 166 valence electrons. The average Bonchev–Trinajstić information content (AvgIpc) is 3.20. The number of guanidine groups is 1. The van der Waals surface area contributed by atoms with Crippen LogP contribution in [-0.2, 0) is 11.3 Å². The molecule has 1 aliphatic heterocycles. The van der Waals surface area contributed by atoms with Crippen molar-refractivity contribution in [2.24, 2.45) is 4.99 Å². The Morgan fingerprint density at radius 1 is 1.20 bits per heavy atom. The lowest BCUT2D eigenvalue weighted by Crippen LogP contribution is -2.56. The number of morpholine rings is 1. The Labute approximate surface area is 199 Å². The van der Waals surface area contributed by atoms with Crippen molar-refractivity contribution in [1.82, 2.24) is 25.7 Å². The fourth-order valence-corrected chi connectivity index (χ4v) is 3.23. The van der Waals surface area contributed by atoms with E-state index in [0.29, 0.717) is 23.3 Å². The van der Waals surface area contributed by atoms with Crippen LogP contribution < -0.4 is 10.6 Å². The summed E-state index contributed by atoms with van der Waals surface area (Å²) in [6.45, 7) is 11.8. The van der Waals surface area contributed by atoms with E-state index in [2.05, 4.69) is 44.5 Å². The van der Waals surface area contributed by atoms with Crippen molar-refractivity contribution in [3.8, 4) is 11.4 Å². The Hall–Kier alpha value is -1.43. The summed E-state index contributed by atoms with van der Waals surface area (Å²) in [6, 6.07) is 7.32. The predicted octanol–water partition coefficient (Wildman–Crippen LogP) is 3.17. The molecule has 2 aromatic rings. The van der Waals surface area contributed by atoms with Gasteiger partial charge in [0.25, 0.3) is 0 Å². The van der Waals surface area contributed by atoms with Gasteiger partial charge in [-0.2, -0.15) is 4.98 Å². The zero-order valence-corrected chi connectivity index (χ0v) is 20.7. The number of hydrogen-bond donors (Lipinski definition) is 2. The van der Waals surface area contributed by atoms with Gasteiger partial charge < -0.3 is 19.9 Å². The summed E-state index contributed by atoms with van der Waals surface area (Å²) >= 11 is 5.92. The summed E-state index contributed by atoms with van der Waals surface area (Å²) in [4.78, 5) is 11.4. The molecule has 0 bridgehead atoms. The van der Waals surface area contributed by atoms with Gasteiger partial charge >= 0.3 is 0 Å². The first-order chi connectivity index (χ1) is 14.0. The molecule has 0 atom stereocenters. The molecule has 1 saturated heterocycles. The summed E-state index contributed by atoms with van der Waals surface area (Å²) in [5.74, 6) is 1.71. The van der Waals surface area contributed by atoms with Crippen LogP contribution in [0.1, 0.15) is 26.7 Å². The van der Waals surface area contributed by atoms with Gasteiger partial charge in [-0.15, -0.1) is 24.0 Å². The Morgan fingerprint density at radius 2 is 1.90 bits per heavy atom. The topological polar surface area (TPSA) is 87.8 Å². The largest absolute Gasteiger partial charge is 0.379 e. The van der Waals surface area contributed by atoms with Crippen molar-refractivity contribution in [2.75, 3.05) is 39.4 Å². The highest BCUT2D eigenvalue weighted by atomic mass is 127.